The van der Waals surface area contributed by atoms with Gasteiger partial charge in [0, 0.05) is 18.2 Å². The minimum absolute atomic E-state index is 0.119. The molecule has 0 fully saturated rings. The molecule has 0 unspecified atom stereocenters. The Labute approximate surface area is 174 Å². The molecule has 2 aliphatic rings. The highest BCUT2D eigenvalue weighted by molar-refractivity contribution is 6.34. The van der Waals surface area contributed by atoms with Crippen molar-refractivity contribution < 1.29 is 28.8 Å². The van der Waals surface area contributed by atoms with Gasteiger partial charge in [-0.2, -0.15) is 0 Å². The van der Waals surface area contributed by atoms with Crippen molar-refractivity contribution in [1.29, 1.82) is 0 Å². The van der Waals surface area contributed by atoms with E-state index in [1.165, 1.54) is 31.2 Å². The minimum Gasteiger partial charge on any atom is -0.486 e. The third kappa shape index (κ3) is 3.11. The predicted molar refractivity (Wildman–Crippen MR) is 104 cm³/mol. The van der Waals surface area contributed by atoms with Gasteiger partial charge in [-0.25, -0.2) is 0 Å². The molecule has 0 saturated heterocycles. The number of nitrogens with one attached hydrogen (secondary N) is 1. The Balaban J connectivity index is 1.59. The van der Waals surface area contributed by atoms with Crippen LogP contribution in [0.15, 0.2) is 30.3 Å². The van der Waals surface area contributed by atoms with Crippen LogP contribution < -0.4 is 14.8 Å². The van der Waals surface area contributed by atoms with Crippen LogP contribution in [-0.4, -0.2) is 46.8 Å². The molecule has 10 nitrogen and oxygen atoms in total. The molecule has 30 heavy (non-hydrogen) atoms. The molecule has 0 aromatic heterocycles. The fourth-order valence-electron chi connectivity index (χ4n) is 3.30. The van der Waals surface area contributed by atoms with Gasteiger partial charge in [-0.05, 0) is 13.0 Å². The van der Waals surface area contributed by atoms with Crippen LogP contribution >= 0.6 is 11.6 Å². The van der Waals surface area contributed by atoms with E-state index in [2.05, 4.69) is 5.32 Å². The van der Waals surface area contributed by atoms with E-state index in [-0.39, 0.29) is 21.8 Å². The van der Waals surface area contributed by atoms with Crippen molar-refractivity contribution in [2.24, 2.45) is 0 Å². The molecule has 1 atom stereocenters. The van der Waals surface area contributed by atoms with Crippen LogP contribution in [0.1, 0.15) is 27.6 Å². The van der Waals surface area contributed by atoms with Gasteiger partial charge in [0.05, 0.1) is 21.2 Å². The maximum atomic E-state index is 12.8. The van der Waals surface area contributed by atoms with Crippen molar-refractivity contribution in [3.8, 4) is 11.5 Å². The molecule has 154 valence electrons. The van der Waals surface area contributed by atoms with E-state index >= 15 is 0 Å². The lowest BCUT2D eigenvalue weighted by atomic mass is 10.1. The van der Waals surface area contributed by atoms with Crippen LogP contribution in [-0.2, 0) is 4.79 Å². The van der Waals surface area contributed by atoms with Crippen molar-refractivity contribution in [2.45, 2.75) is 13.0 Å². The number of amides is 3. The molecule has 1 N–H and O–H groups in total. The van der Waals surface area contributed by atoms with Crippen molar-refractivity contribution in [3.05, 3.63) is 56.6 Å². The van der Waals surface area contributed by atoms with E-state index in [0.29, 0.717) is 29.6 Å². The third-order valence-corrected chi connectivity index (χ3v) is 5.09. The van der Waals surface area contributed by atoms with Crippen molar-refractivity contribution in [1.82, 2.24) is 4.90 Å². The van der Waals surface area contributed by atoms with Gasteiger partial charge in [0.1, 0.15) is 24.8 Å². The van der Waals surface area contributed by atoms with Crippen LogP contribution in [0.3, 0.4) is 0 Å². The van der Waals surface area contributed by atoms with Crippen molar-refractivity contribution in [3.63, 3.8) is 0 Å². The molecule has 0 aliphatic carbocycles. The zero-order valence-corrected chi connectivity index (χ0v) is 16.3. The number of hydrogen-bond acceptors (Lipinski definition) is 7. The molecule has 4 rings (SSSR count). The van der Waals surface area contributed by atoms with E-state index in [9.17, 15) is 24.5 Å². The number of hydrogen-bond donors (Lipinski definition) is 1. The smallest absolute Gasteiger partial charge is 0.282 e. The monoisotopic (exact) mass is 431 g/mol. The first kappa shape index (κ1) is 19.6. The largest absolute Gasteiger partial charge is 0.486 e. The van der Waals surface area contributed by atoms with E-state index < -0.39 is 34.4 Å². The summed E-state index contributed by atoms with van der Waals surface area (Å²) in [5.74, 6) is -1.56. The highest BCUT2D eigenvalue weighted by atomic mass is 35.5. The lowest BCUT2D eigenvalue weighted by Gasteiger charge is -2.23. The molecule has 2 aliphatic heterocycles. The first-order valence-corrected chi connectivity index (χ1v) is 9.22. The number of imide groups is 1. The Morgan fingerprint density at radius 3 is 2.53 bits per heavy atom. The summed E-state index contributed by atoms with van der Waals surface area (Å²) >= 11 is 6.18. The molecular formula is C19H14ClN3O7. The second-order valence-corrected chi connectivity index (χ2v) is 6.99. The normalized spacial score (nSPS) is 15.6. The van der Waals surface area contributed by atoms with E-state index in [4.69, 9.17) is 21.1 Å². The maximum Gasteiger partial charge on any atom is 0.282 e. The van der Waals surface area contributed by atoms with Crippen LogP contribution in [0, 0.1) is 10.1 Å². The predicted octanol–water partition coefficient (Wildman–Crippen LogP) is 2.64. The van der Waals surface area contributed by atoms with Gasteiger partial charge < -0.3 is 14.8 Å². The summed E-state index contributed by atoms with van der Waals surface area (Å²) in [7, 11) is 0. The van der Waals surface area contributed by atoms with Gasteiger partial charge in [0.2, 0.25) is 5.91 Å². The summed E-state index contributed by atoms with van der Waals surface area (Å²) in [6, 6.07) is 5.47. The molecule has 0 saturated carbocycles. The number of benzene rings is 2. The van der Waals surface area contributed by atoms with E-state index in [1.54, 1.807) is 0 Å². The Hall–Kier alpha value is -3.66. The van der Waals surface area contributed by atoms with Crippen LogP contribution in [0.25, 0.3) is 0 Å². The second kappa shape index (κ2) is 7.30. The number of ether oxygens (including phenoxy) is 2. The molecule has 0 bridgehead atoms. The third-order valence-electron chi connectivity index (χ3n) is 4.78. The summed E-state index contributed by atoms with van der Waals surface area (Å²) in [4.78, 5) is 49.4. The van der Waals surface area contributed by atoms with E-state index in [1.807, 2.05) is 0 Å². The first-order valence-electron chi connectivity index (χ1n) is 8.85. The molecule has 2 aromatic rings. The number of fused-ring (bicyclic) bond motifs is 2. The van der Waals surface area contributed by atoms with Crippen molar-refractivity contribution in [2.75, 3.05) is 18.5 Å². The van der Waals surface area contributed by atoms with Crippen LogP contribution in [0.2, 0.25) is 5.02 Å². The average Bonchev–Trinajstić information content (AvgIpc) is 2.98. The molecule has 0 radical (unpaired) electrons. The Morgan fingerprint density at radius 1 is 1.20 bits per heavy atom. The van der Waals surface area contributed by atoms with Gasteiger partial charge in [-0.3, -0.25) is 29.4 Å². The van der Waals surface area contributed by atoms with Crippen molar-refractivity contribution >= 4 is 40.7 Å². The average molecular weight is 432 g/mol. The quantitative estimate of drug-likeness (QED) is 0.447. The summed E-state index contributed by atoms with van der Waals surface area (Å²) in [5.41, 5.74) is -0.730. The van der Waals surface area contributed by atoms with Gasteiger partial charge in [-0.15, -0.1) is 0 Å². The Morgan fingerprint density at radius 2 is 1.87 bits per heavy atom. The molecule has 0 spiro atoms. The number of rotatable bonds is 4. The first-order chi connectivity index (χ1) is 14.3. The number of nitro benzene ring substituents is 1. The SMILES string of the molecule is C[C@@H](C(=O)Nc1cc2c(cc1Cl)OCCO2)N1C(=O)c2cccc([N+](=O)[O-])c2C1=O. The Kier molecular flexibility index (Phi) is 4.78. The fraction of sp³-hybridized carbons (Fsp3) is 0.211. The van der Waals surface area contributed by atoms with Gasteiger partial charge in [0.25, 0.3) is 17.5 Å². The fourth-order valence-corrected chi connectivity index (χ4v) is 3.50. The summed E-state index contributed by atoms with van der Waals surface area (Å²) in [6.07, 6.45) is 0. The summed E-state index contributed by atoms with van der Waals surface area (Å²) in [6.45, 7) is 2.05. The zero-order valence-electron chi connectivity index (χ0n) is 15.5. The van der Waals surface area contributed by atoms with Crippen LogP contribution in [0.4, 0.5) is 11.4 Å². The highest BCUT2D eigenvalue weighted by Crippen LogP contribution is 2.38. The molecule has 11 heteroatoms. The van der Waals surface area contributed by atoms with E-state index in [0.717, 1.165) is 6.07 Å². The maximum absolute atomic E-state index is 12.8. The second-order valence-electron chi connectivity index (χ2n) is 6.58. The minimum atomic E-state index is -1.25. The lowest BCUT2D eigenvalue weighted by molar-refractivity contribution is -0.385. The molecular weight excluding hydrogens is 418 g/mol. The number of nitrogens with zero attached hydrogens (tertiary/aromatic N) is 2. The number of carbonyl (C=O) groups is 3. The number of nitro groups is 1. The summed E-state index contributed by atoms with van der Waals surface area (Å²) < 4.78 is 10.9. The van der Waals surface area contributed by atoms with Gasteiger partial charge >= 0.3 is 0 Å². The molecule has 2 aromatic carbocycles. The Bertz CT molecular complexity index is 1120. The lowest BCUT2D eigenvalue weighted by Crippen LogP contribution is -2.45. The van der Waals surface area contributed by atoms with Gasteiger partial charge in [-0.1, -0.05) is 17.7 Å². The molecule has 3 amide bonds. The number of halogens is 1. The van der Waals surface area contributed by atoms with Crippen LogP contribution in [0.5, 0.6) is 11.5 Å². The van der Waals surface area contributed by atoms with Gasteiger partial charge in [0.15, 0.2) is 11.5 Å². The number of carbonyl (C=O) groups excluding carboxylic acids is 3. The zero-order chi connectivity index (χ0) is 21.6. The standard InChI is InChI=1S/C19H14ClN3O7/c1-9(17(24)21-12-8-15-14(7-11(12)20)29-5-6-30-15)22-18(25)10-3-2-4-13(23(27)28)16(10)19(22)26/h2-4,7-9H,5-6H2,1H3,(H,21,24)/t9-/m0/s1. The molecule has 2 heterocycles. The summed E-state index contributed by atoms with van der Waals surface area (Å²) in [5, 5.41) is 14.0. The topological polar surface area (TPSA) is 128 Å². The highest BCUT2D eigenvalue weighted by Gasteiger charge is 2.44. The number of anilines is 1.